The monoisotopic (exact) mass is 399 g/mol. The van der Waals surface area contributed by atoms with Gasteiger partial charge in [-0.15, -0.1) is 0 Å². The van der Waals surface area contributed by atoms with Crippen LogP contribution < -0.4 is 4.74 Å². The smallest absolute Gasteiger partial charge is 0.218 e. The lowest BCUT2D eigenvalue weighted by molar-refractivity contribution is 0.162. The van der Waals surface area contributed by atoms with Crippen molar-refractivity contribution in [1.82, 2.24) is 9.21 Å². The van der Waals surface area contributed by atoms with E-state index in [0.29, 0.717) is 26.2 Å². The summed E-state index contributed by atoms with van der Waals surface area (Å²) in [6.45, 7) is 3.79. The zero-order chi connectivity index (χ0) is 20.1. The average molecular weight is 400 g/mol. The number of sulfonamides is 1. The molecule has 1 fully saturated rings. The first-order valence-electron chi connectivity index (χ1n) is 9.24. The molecule has 7 heteroatoms. The van der Waals surface area contributed by atoms with E-state index < -0.39 is 16.1 Å². The van der Waals surface area contributed by atoms with Gasteiger partial charge in [-0.3, -0.25) is 4.90 Å². The predicted molar refractivity (Wildman–Crippen MR) is 108 cm³/mol. The third kappa shape index (κ3) is 4.71. The summed E-state index contributed by atoms with van der Waals surface area (Å²) in [6.07, 6.45) is 0. The maximum Gasteiger partial charge on any atom is 0.218 e. The van der Waals surface area contributed by atoms with Crippen molar-refractivity contribution in [2.45, 2.75) is 18.7 Å². The summed E-state index contributed by atoms with van der Waals surface area (Å²) in [5, 5.41) is 9.65. The Balaban J connectivity index is 1.64. The van der Waals surface area contributed by atoms with Crippen LogP contribution in [0.25, 0.3) is 0 Å². The Hall–Kier alpha value is -2.40. The van der Waals surface area contributed by atoms with Crippen molar-refractivity contribution in [2.75, 3.05) is 33.3 Å². The minimum Gasteiger partial charge on any atom is -0.497 e. The molecule has 0 bridgehead atoms. The standard InChI is InChI=1S/C21H25N3O3S/c1-17-4-3-5-18(14-17)16-28(25,26)24-12-10-23(11-13-24)21(15-22)19-6-8-20(27-2)9-7-19/h3-9,14,21H,10-13,16H2,1-2H3. The van der Waals surface area contributed by atoms with Gasteiger partial charge in [-0.05, 0) is 30.2 Å². The van der Waals surface area contributed by atoms with Crippen LogP contribution in [-0.4, -0.2) is 50.9 Å². The van der Waals surface area contributed by atoms with Crippen LogP contribution in [0.4, 0.5) is 0 Å². The van der Waals surface area contributed by atoms with Crippen molar-refractivity contribution >= 4 is 10.0 Å². The molecule has 1 aliphatic heterocycles. The van der Waals surface area contributed by atoms with Crippen molar-refractivity contribution in [2.24, 2.45) is 0 Å². The third-order valence-corrected chi connectivity index (χ3v) is 6.87. The number of piperazine rings is 1. The summed E-state index contributed by atoms with van der Waals surface area (Å²) >= 11 is 0. The maximum atomic E-state index is 12.8. The van der Waals surface area contributed by atoms with Gasteiger partial charge < -0.3 is 4.74 Å². The van der Waals surface area contributed by atoms with Gasteiger partial charge in [0.2, 0.25) is 10.0 Å². The van der Waals surface area contributed by atoms with E-state index in [9.17, 15) is 13.7 Å². The lowest BCUT2D eigenvalue weighted by Crippen LogP contribution is -2.49. The van der Waals surface area contributed by atoms with E-state index in [1.807, 2.05) is 60.4 Å². The fourth-order valence-corrected chi connectivity index (χ4v) is 5.00. The highest BCUT2D eigenvalue weighted by molar-refractivity contribution is 7.88. The van der Waals surface area contributed by atoms with Crippen LogP contribution >= 0.6 is 0 Å². The molecule has 1 atom stereocenters. The van der Waals surface area contributed by atoms with Crippen molar-refractivity contribution in [3.05, 3.63) is 65.2 Å². The summed E-state index contributed by atoms with van der Waals surface area (Å²) in [5.41, 5.74) is 2.74. The molecule has 0 aliphatic carbocycles. The third-order valence-electron chi connectivity index (χ3n) is 5.02. The van der Waals surface area contributed by atoms with E-state index >= 15 is 0 Å². The van der Waals surface area contributed by atoms with Gasteiger partial charge in [0, 0.05) is 26.2 Å². The van der Waals surface area contributed by atoms with Crippen molar-refractivity contribution in [3.63, 3.8) is 0 Å². The summed E-state index contributed by atoms with van der Waals surface area (Å²) in [5.74, 6) is 0.752. The molecular weight excluding hydrogens is 374 g/mol. The van der Waals surface area contributed by atoms with E-state index in [1.54, 1.807) is 7.11 Å². The minimum atomic E-state index is -3.38. The van der Waals surface area contributed by atoms with Gasteiger partial charge >= 0.3 is 0 Å². The summed E-state index contributed by atoms with van der Waals surface area (Å²) < 4.78 is 32.3. The minimum absolute atomic E-state index is 0.00877. The Kier molecular flexibility index (Phi) is 6.35. The molecule has 0 N–H and O–H groups in total. The van der Waals surface area contributed by atoms with Gasteiger partial charge in [-0.2, -0.15) is 9.57 Å². The van der Waals surface area contributed by atoms with E-state index in [1.165, 1.54) is 4.31 Å². The van der Waals surface area contributed by atoms with Crippen LogP contribution in [0.5, 0.6) is 5.75 Å². The van der Waals surface area contributed by atoms with Crippen molar-refractivity contribution in [1.29, 1.82) is 5.26 Å². The van der Waals surface area contributed by atoms with Crippen molar-refractivity contribution < 1.29 is 13.2 Å². The van der Waals surface area contributed by atoms with E-state index in [2.05, 4.69) is 6.07 Å². The van der Waals surface area contributed by atoms with Gasteiger partial charge in [0.25, 0.3) is 0 Å². The summed E-state index contributed by atoms with van der Waals surface area (Å²) in [6, 6.07) is 17.0. The van der Waals surface area contributed by atoms with Crippen molar-refractivity contribution in [3.8, 4) is 11.8 Å². The first-order valence-corrected chi connectivity index (χ1v) is 10.8. The van der Waals surface area contributed by atoms with Crippen LogP contribution in [0.1, 0.15) is 22.7 Å². The van der Waals surface area contributed by atoms with Gasteiger partial charge in [0.1, 0.15) is 11.8 Å². The molecule has 1 saturated heterocycles. The van der Waals surface area contributed by atoms with Crippen LogP contribution in [0, 0.1) is 18.3 Å². The SMILES string of the molecule is COc1ccc(C(C#N)N2CCN(S(=O)(=O)Cc3cccc(C)c3)CC2)cc1. The Morgan fingerprint density at radius 3 is 2.36 bits per heavy atom. The lowest BCUT2D eigenvalue weighted by Gasteiger charge is -2.36. The predicted octanol–water partition coefficient (Wildman–Crippen LogP) is 2.72. The Bertz CT molecular complexity index is 944. The average Bonchev–Trinajstić information content (AvgIpc) is 2.69. The van der Waals surface area contributed by atoms with E-state index in [-0.39, 0.29) is 5.75 Å². The molecule has 1 aliphatic rings. The molecule has 0 spiro atoms. The molecule has 0 aromatic heterocycles. The number of methoxy groups -OCH3 is 1. The zero-order valence-corrected chi connectivity index (χ0v) is 17.0. The topological polar surface area (TPSA) is 73.6 Å². The highest BCUT2D eigenvalue weighted by Crippen LogP contribution is 2.25. The second-order valence-corrected chi connectivity index (χ2v) is 8.95. The first kappa shape index (κ1) is 20.3. The molecule has 2 aromatic rings. The molecule has 1 unspecified atom stereocenters. The number of hydrogen-bond donors (Lipinski definition) is 0. The number of hydrogen-bond acceptors (Lipinski definition) is 5. The van der Waals surface area contributed by atoms with Crippen LogP contribution in [0.15, 0.2) is 48.5 Å². The second-order valence-electron chi connectivity index (χ2n) is 6.99. The Labute approximate surface area is 167 Å². The molecular formula is C21H25N3O3S. The van der Waals surface area contributed by atoms with Crippen LogP contribution in [-0.2, 0) is 15.8 Å². The fourth-order valence-electron chi connectivity index (χ4n) is 3.50. The molecule has 2 aromatic carbocycles. The molecule has 6 nitrogen and oxygen atoms in total. The lowest BCUT2D eigenvalue weighted by atomic mass is 10.1. The van der Waals surface area contributed by atoms with Crippen LogP contribution in [0.3, 0.4) is 0 Å². The first-order chi connectivity index (χ1) is 13.4. The van der Waals surface area contributed by atoms with E-state index in [0.717, 1.165) is 22.4 Å². The number of ether oxygens (including phenoxy) is 1. The molecule has 148 valence electrons. The zero-order valence-electron chi connectivity index (χ0n) is 16.2. The molecule has 1 heterocycles. The summed E-state index contributed by atoms with van der Waals surface area (Å²) in [7, 11) is -1.77. The van der Waals surface area contributed by atoms with Gasteiger partial charge in [-0.1, -0.05) is 42.0 Å². The number of aryl methyl sites for hydroxylation is 1. The fraction of sp³-hybridized carbons (Fsp3) is 0.381. The Morgan fingerprint density at radius 2 is 1.79 bits per heavy atom. The normalized spacial score (nSPS) is 17.0. The van der Waals surface area contributed by atoms with Gasteiger partial charge in [0.15, 0.2) is 0 Å². The molecule has 3 rings (SSSR count). The number of benzene rings is 2. The second kappa shape index (κ2) is 8.74. The number of rotatable bonds is 6. The summed E-state index contributed by atoms with van der Waals surface area (Å²) in [4.78, 5) is 2.03. The van der Waals surface area contributed by atoms with Gasteiger partial charge in [0.05, 0.1) is 18.9 Å². The largest absolute Gasteiger partial charge is 0.497 e. The number of nitrogens with zero attached hydrogens (tertiary/aromatic N) is 3. The quantitative estimate of drug-likeness (QED) is 0.747. The van der Waals surface area contributed by atoms with E-state index in [4.69, 9.17) is 4.74 Å². The molecule has 0 amide bonds. The molecule has 28 heavy (non-hydrogen) atoms. The molecule has 0 saturated carbocycles. The highest BCUT2D eigenvalue weighted by atomic mass is 32.2. The van der Waals surface area contributed by atoms with Crippen LogP contribution in [0.2, 0.25) is 0 Å². The Morgan fingerprint density at radius 1 is 1.11 bits per heavy atom. The maximum absolute atomic E-state index is 12.8. The highest BCUT2D eigenvalue weighted by Gasteiger charge is 2.30. The van der Waals surface area contributed by atoms with Gasteiger partial charge in [-0.25, -0.2) is 8.42 Å². The molecule has 0 radical (unpaired) electrons. The number of nitriles is 1.